The van der Waals surface area contributed by atoms with Gasteiger partial charge in [-0.1, -0.05) is 31.5 Å². The van der Waals surface area contributed by atoms with Gasteiger partial charge in [-0.25, -0.2) is 4.68 Å². The van der Waals surface area contributed by atoms with Gasteiger partial charge < -0.3 is 11.1 Å². The van der Waals surface area contributed by atoms with Crippen molar-refractivity contribution in [2.75, 3.05) is 0 Å². The van der Waals surface area contributed by atoms with Crippen molar-refractivity contribution >= 4 is 18.3 Å². The Kier molecular flexibility index (Phi) is 7.26. The van der Waals surface area contributed by atoms with Crippen molar-refractivity contribution in [3.63, 3.8) is 0 Å². The fourth-order valence-corrected chi connectivity index (χ4v) is 2.50. The van der Waals surface area contributed by atoms with Gasteiger partial charge in [-0.2, -0.15) is 5.10 Å². The van der Waals surface area contributed by atoms with E-state index >= 15 is 0 Å². The minimum absolute atomic E-state index is 0. The fourth-order valence-electron chi connectivity index (χ4n) is 2.50. The third-order valence-corrected chi connectivity index (χ3v) is 3.82. The van der Waals surface area contributed by atoms with Crippen molar-refractivity contribution in [2.45, 2.75) is 46.2 Å². The standard InChI is InChI=1S/C17H24N4O.ClH/c1-4-8-16(18)17(22)19-11-15-12(2)20-21(13(15)3)14-9-6-5-7-10-14;/h5-7,9-10,16H,4,8,11,18H2,1-3H3,(H,19,22);1H. The number of benzene rings is 1. The molecule has 0 aliphatic rings. The first-order valence-corrected chi connectivity index (χ1v) is 7.68. The Balaban J connectivity index is 0.00000264. The second kappa shape index (κ2) is 8.70. The number of nitrogens with one attached hydrogen (secondary N) is 1. The summed E-state index contributed by atoms with van der Waals surface area (Å²) in [6.07, 6.45) is 1.60. The number of carbonyl (C=O) groups is 1. The van der Waals surface area contributed by atoms with Crippen molar-refractivity contribution in [2.24, 2.45) is 5.73 Å². The zero-order valence-corrected chi connectivity index (χ0v) is 14.7. The number of amides is 1. The first kappa shape index (κ1) is 19.2. The SMILES string of the molecule is CCCC(N)C(=O)NCc1c(C)nn(-c2ccccc2)c1C.Cl. The molecule has 0 aliphatic heterocycles. The van der Waals surface area contributed by atoms with Crippen LogP contribution in [0.15, 0.2) is 30.3 Å². The van der Waals surface area contributed by atoms with Gasteiger partial charge >= 0.3 is 0 Å². The minimum Gasteiger partial charge on any atom is -0.351 e. The van der Waals surface area contributed by atoms with Crippen LogP contribution in [-0.4, -0.2) is 21.7 Å². The summed E-state index contributed by atoms with van der Waals surface area (Å²) in [4.78, 5) is 11.9. The molecule has 0 spiro atoms. The maximum atomic E-state index is 11.9. The van der Waals surface area contributed by atoms with Crippen LogP contribution in [0.3, 0.4) is 0 Å². The third kappa shape index (κ3) is 4.56. The van der Waals surface area contributed by atoms with Gasteiger partial charge in [0, 0.05) is 17.8 Å². The summed E-state index contributed by atoms with van der Waals surface area (Å²) < 4.78 is 1.91. The van der Waals surface area contributed by atoms with Crippen molar-refractivity contribution in [3.8, 4) is 5.69 Å². The van der Waals surface area contributed by atoms with Gasteiger partial charge in [-0.05, 0) is 32.4 Å². The molecule has 1 atom stereocenters. The molecule has 0 saturated heterocycles. The van der Waals surface area contributed by atoms with Crippen molar-refractivity contribution in [1.82, 2.24) is 15.1 Å². The number of aromatic nitrogens is 2. The molecule has 2 rings (SSSR count). The normalized spacial score (nSPS) is 11.7. The molecule has 3 N–H and O–H groups in total. The lowest BCUT2D eigenvalue weighted by Gasteiger charge is -2.11. The summed E-state index contributed by atoms with van der Waals surface area (Å²) in [5, 5.41) is 7.49. The molecule has 5 nitrogen and oxygen atoms in total. The van der Waals surface area contributed by atoms with Crippen molar-refractivity contribution < 1.29 is 4.79 Å². The summed E-state index contributed by atoms with van der Waals surface area (Å²) >= 11 is 0. The number of aryl methyl sites for hydroxylation is 1. The molecule has 1 unspecified atom stereocenters. The van der Waals surface area contributed by atoms with Gasteiger partial charge in [0.1, 0.15) is 0 Å². The van der Waals surface area contributed by atoms with Crippen LogP contribution in [0, 0.1) is 13.8 Å². The monoisotopic (exact) mass is 336 g/mol. The number of nitrogens with zero attached hydrogens (tertiary/aromatic N) is 2. The Morgan fingerprint density at radius 1 is 1.30 bits per heavy atom. The molecule has 0 saturated carbocycles. The first-order chi connectivity index (χ1) is 10.5. The zero-order chi connectivity index (χ0) is 16.1. The zero-order valence-electron chi connectivity index (χ0n) is 13.9. The Labute approximate surface area is 143 Å². The summed E-state index contributed by atoms with van der Waals surface area (Å²) in [7, 11) is 0. The second-order valence-electron chi connectivity index (χ2n) is 5.51. The minimum atomic E-state index is -0.435. The summed E-state index contributed by atoms with van der Waals surface area (Å²) in [6.45, 7) is 6.45. The van der Waals surface area contributed by atoms with Crippen LogP contribution in [0.4, 0.5) is 0 Å². The van der Waals surface area contributed by atoms with Gasteiger partial charge in [-0.3, -0.25) is 4.79 Å². The number of halogens is 1. The molecule has 6 heteroatoms. The lowest BCUT2D eigenvalue weighted by Crippen LogP contribution is -2.40. The van der Waals surface area contributed by atoms with Crippen LogP contribution in [-0.2, 0) is 11.3 Å². The number of carbonyl (C=O) groups excluding carboxylic acids is 1. The number of hydrogen-bond acceptors (Lipinski definition) is 3. The summed E-state index contributed by atoms with van der Waals surface area (Å²) in [5.74, 6) is -0.104. The highest BCUT2D eigenvalue weighted by molar-refractivity contribution is 5.85. The summed E-state index contributed by atoms with van der Waals surface area (Å²) in [6, 6.07) is 9.53. The predicted octanol–water partition coefficient (Wildman–Crippen LogP) is 2.65. The largest absolute Gasteiger partial charge is 0.351 e. The van der Waals surface area contributed by atoms with Crippen LogP contribution in [0.25, 0.3) is 5.69 Å². The highest BCUT2D eigenvalue weighted by Gasteiger charge is 2.16. The van der Waals surface area contributed by atoms with E-state index in [4.69, 9.17) is 5.73 Å². The quantitative estimate of drug-likeness (QED) is 0.851. The van der Waals surface area contributed by atoms with Gasteiger partial charge in [-0.15, -0.1) is 12.4 Å². The molecular weight excluding hydrogens is 312 g/mol. The van der Waals surface area contributed by atoms with E-state index in [1.807, 2.05) is 55.8 Å². The van der Waals surface area contributed by atoms with Crippen LogP contribution >= 0.6 is 12.4 Å². The number of rotatable bonds is 6. The Morgan fingerprint density at radius 2 is 1.96 bits per heavy atom. The Hall–Kier alpha value is -1.85. The second-order valence-corrected chi connectivity index (χ2v) is 5.51. The molecule has 0 fully saturated rings. The lowest BCUT2D eigenvalue weighted by molar-refractivity contribution is -0.122. The number of para-hydroxylation sites is 1. The van der Waals surface area contributed by atoms with Crippen LogP contribution in [0.2, 0.25) is 0 Å². The Morgan fingerprint density at radius 3 is 2.57 bits per heavy atom. The van der Waals surface area contributed by atoms with E-state index < -0.39 is 6.04 Å². The van der Waals surface area contributed by atoms with Gasteiger partial charge in [0.15, 0.2) is 0 Å². The molecule has 126 valence electrons. The molecule has 0 aliphatic carbocycles. The molecule has 1 amide bonds. The molecule has 2 aromatic rings. The van der Waals surface area contributed by atoms with Crippen LogP contribution < -0.4 is 11.1 Å². The smallest absolute Gasteiger partial charge is 0.237 e. The topological polar surface area (TPSA) is 72.9 Å². The Bertz CT molecular complexity index is 640. The fraction of sp³-hybridized carbons (Fsp3) is 0.412. The van der Waals surface area contributed by atoms with E-state index in [0.29, 0.717) is 13.0 Å². The molecular formula is C17H25ClN4O. The van der Waals surface area contributed by atoms with Crippen molar-refractivity contribution in [1.29, 1.82) is 0 Å². The van der Waals surface area contributed by atoms with E-state index in [0.717, 1.165) is 29.1 Å². The molecule has 0 bridgehead atoms. The lowest BCUT2D eigenvalue weighted by atomic mass is 10.1. The highest BCUT2D eigenvalue weighted by atomic mass is 35.5. The van der Waals surface area contributed by atoms with Gasteiger partial charge in [0.2, 0.25) is 5.91 Å². The molecule has 23 heavy (non-hydrogen) atoms. The number of nitrogens with two attached hydrogens (primary N) is 1. The first-order valence-electron chi connectivity index (χ1n) is 7.68. The van der Waals surface area contributed by atoms with Crippen molar-refractivity contribution in [3.05, 3.63) is 47.3 Å². The highest BCUT2D eigenvalue weighted by Crippen LogP contribution is 2.17. The molecule has 1 aromatic heterocycles. The summed E-state index contributed by atoms with van der Waals surface area (Å²) in [5.41, 5.74) is 9.85. The van der Waals surface area contributed by atoms with E-state index in [-0.39, 0.29) is 18.3 Å². The average Bonchev–Trinajstić information content (AvgIpc) is 2.81. The molecule has 1 heterocycles. The van der Waals surface area contributed by atoms with Gasteiger partial charge in [0.25, 0.3) is 0 Å². The van der Waals surface area contributed by atoms with E-state index in [2.05, 4.69) is 10.4 Å². The van der Waals surface area contributed by atoms with E-state index in [9.17, 15) is 4.79 Å². The van der Waals surface area contributed by atoms with Crippen LogP contribution in [0.1, 0.15) is 36.7 Å². The average molecular weight is 337 g/mol. The molecule has 0 radical (unpaired) electrons. The van der Waals surface area contributed by atoms with Crippen LogP contribution in [0.5, 0.6) is 0 Å². The van der Waals surface area contributed by atoms with E-state index in [1.165, 1.54) is 0 Å². The predicted molar refractivity (Wildman–Crippen MR) is 95.0 cm³/mol. The maximum absolute atomic E-state index is 11.9. The maximum Gasteiger partial charge on any atom is 0.237 e. The third-order valence-electron chi connectivity index (χ3n) is 3.82. The number of hydrogen-bond donors (Lipinski definition) is 2. The molecule has 1 aromatic carbocycles. The van der Waals surface area contributed by atoms with E-state index in [1.54, 1.807) is 0 Å². The van der Waals surface area contributed by atoms with Gasteiger partial charge in [0.05, 0.1) is 17.4 Å².